The third kappa shape index (κ3) is 1.78. The molecule has 17 heavy (non-hydrogen) atoms. The number of rotatable bonds is 1. The van der Waals surface area contributed by atoms with E-state index in [0.717, 1.165) is 17.7 Å². The number of carbonyl (C=O) groups is 1. The summed E-state index contributed by atoms with van der Waals surface area (Å²) in [4.78, 5) is 11.9. The number of benzene rings is 1. The van der Waals surface area contributed by atoms with Crippen molar-refractivity contribution in [1.82, 2.24) is 10.2 Å². The van der Waals surface area contributed by atoms with Gasteiger partial charge in [-0.2, -0.15) is 5.10 Å². The van der Waals surface area contributed by atoms with E-state index in [1.165, 1.54) is 11.1 Å². The van der Waals surface area contributed by atoms with E-state index >= 15 is 0 Å². The zero-order valence-electron chi connectivity index (χ0n) is 9.73. The number of hydrogen-bond acceptors (Lipinski definition) is 2. The SMILES string of the molecule is Cc1ccc([C@@H]2CC(=O)c3cn[nH]c3C2)cc1. The molecule has 3 heteroatoms. The number of ketones is 1. The highest BCUT2D eigenvalue weighted by atomic mass is 16.1. The maximum atomic E-state index is 11.9. The first-order valence-electron chi connectivity index (χ1n) is 5.86. The van der Waals surface area contributed by atoms with Gasteiger partial charge in [0.1, 0.15) is 0 Å². The van der Waals surface area contributed by atoms with E-state index in [-0.39, 0.29) is 11.7 Å². The molecule has 0 saturated carbocycles. The van der Waals surface area contributed by atoms with E-state index in [1.807, 2.05) is 0 Å². The van der Waals surface area contributed by atoms with Crippen molar-refractivity contribution in [1.29, 1.82) is 0 Å². The zero-order chi connectivity index (χ0) is 11.8. The van der Waals surface area contributed by atoms with Crippen LogP contribution in [0.1, 0.15) is 39.5 Å². The number of aromatic nitrogens is 2. The molecule has 1 aliphatic carbocycles. The van der Waals surface area contributed by atoms with Crippen LogP contribution in [0, 0.1) is 6.92 Å². The summed E-state index contributed by atoms with van der Waals surface area (Å²) >= 11 is 0. The summed E-state index contributed by atoms with van der Waals surface area (Å²) in [6, 6.07) is 8.44. The van der Waals surface area contributed by atoms with Crippen LogP contribution in [0.25, 0.3) is 0 Å². The van der Waals surface area contributed by atoms with Crippen LogP contribution >= 0.6 is 0 Å². The van der Waals surface area contributed by atoms with E-state index in [9.17, 15) is 4.79 Å². The van der Waals surface area contributed by atoms with Crippen LogP contribution in [0.5, 0.6) is 0 Å². The Hall–Kier alpha value is -1.90. The summed E-state index contributed by atoms with van der Waals surface area (Å²) in [5.74, 6) is 0.488. The lowest BCUT2D eigenvalue weighted by molar-refractivity contribution is 0.0964. The van der Waals surface area contributed by atoms with Gasteiger partial charge in [0.15, 0.2) is 5.78 Å². The topological polar surface area (TPSA) is 45.8 Å². The van der Waals surface area contributed by atoms with Gasteiger partial charge in [0.05, 0.1) is 11.8 Å². The Morgan fingerprint density at radius 3 is 2.76 bits per heavy atom. The summed E-state index contributed by atoms with van der Waals surface area (Å²) in [5, 5.41) is 6.88. The van der Waals surface area contributed by atoms with E-state index in [2.05, 4.69) is 41.4 Å². The number of nitrogens with one attached hydrogen (secondary N) is 1. The van der Waals surface area contributed by atoms with Gasteiger partial charge >= 0.3 is 0 Å². The number of H-pyrrole nitrogens is 1. The molecule has 0 unspecified atom stereocenters. The molecule has 1 heterocycles. The maximum Gasteiger partial charge on any atom is 0.166 e. The van der Waals surface area contributed by atoms with Crippen LogP contribution in [0.2, 0.25) is 0 Å². The standard InChI is InChI=1S/C14H14N2O/c1-9-2-4-10(5-3-9)11-6-13-12(8-15-16-13)14(17)7-11/h2-5,8,11H,6-7H2,1H3,(H,15,16)/t11-/m0/s1. The Morgan fingerprint density at radius 1 is 1.24 bits per heavy atom. The van der Waals surface area contributed by atoms with E-state index < -0.39 is 0 Å². The maximum absolute atomic E-state index is 11.9. The van der Waals surface area contributed by atoms with Crippen molar-refractivity contribution in [2.45, 2.75) is 25.7 Å². The first-order chi connectivity index (χ1) is 8.24. The van der Waals surface area contributed by atoms with Gasteiger partial charge < -0.3 is 0 Å². The second-order valence-electron chi connectivity index (χ2n) is 4.70. The van der Waals surface area contributed by atoms with Crippen molar-refractivity contribution in [2.75, 3.05) is 0 Å². The molecule has 0 radical (unpaired) electrons. The summed E-state index contributed by atoms with van der Waals surface area (Å²) in [6.45, 7) is 2.07. The Labute approximate surface area is 99.9 Å². The predicted octanol–water partition coefficient (Wildman–Crippen LogP) is 2.63. The molecule has 1 aromatic heterocycles. The van der Waals surface area contributed by atoms with Crippen molar-refractivity contribution in [2.24, 2.45) is 0 Å². The minimum Gasteiger partial charge on any atom is -0.294 e. The lowest BCUT2D eigenvalue weighted by Crippen LogP contribution is -2.17. The van der Waals surface area contributed by atoms with Gasteiger partial charge in [-0.15, -0.1) is 0 Å². The molecule has 1 N–H and O–H groups in total. The molecule has 3 nitrogen and oxygen atoms in total. The first kappa shape index (κ1) is 10.3. The van der Waals surface area contributed by atoms with Crippen molar-refractivity contribution in [3.8, 4) is 0 Å². The summed E-state index contributed by atoms with van der Waals surface area (Å²) in [7, 11) is 0. The lowest BCUT2D eigenvalue weighted by Gasteiger charge is -2.21. The van der Waals surface area contributed by atoms with Gasteiger partial charge in [-0.25, -0.2) is 0 Å². The smallest absolute Gasteiger partial charge is 0.166 e. The first-order valence-corrected chi connectivity index (χ1v) is 5.86. The molecule has 1 atom stereocenters. The Morgan fingerprint density at radius 2 is 2.00 bits per heavy atom. The predicted molar refractivity (Wildman–Crippen MR) is 65.2 cm³/mol. The molecule has 2 aromatic rings. The largest absolute Gasteiger partial charge is 0.294 e. The molecule has 3 rings (SSSR count). The van der Waals surface area contributed by atoms with Gasteiger partial charge in [0.25, 0.3) is 0 Å². The zero-order valence-corrected chi connectivity index (χ0v) is 9.73. The fraction of sp³-hybridized carbons (Fsp3) is 0.286. The Balaban J connectivity index is 1.93. The van der Waals surface area contributed by atoms with Crippen molar-refractivity contribution in [3.63, 3.8) is 0 Å². The van der Waals surface area contributed by atoms with Gasteiger partial charge in [-0.1, -0.05) is 29.8 Å². The van der Waals surface area contributed by atoms with Crippen molar-refractivity contribution >= 4 is 5.78 Å². The van der Waals surface area contributed by atoms with E-state index in [0.29, 0.717) is 6.42 Å². The quantitative estimate of drug-likeness (QED) is 0.812. The molecule has 0 saturated heterocycles. The van der Waals surface area contributed by atoms with Crippen LogP contribution < -0.4 is 0 Å². The van der Waals surface area contributed by atoms with Gasteiger partial charge in [-0.3, -0.25) is 9.89 Å². The third-order valence-corrected chi connectivity index (χ3v) is 3.45. The lowest BCUT2D eigenvalue weighted by atomic mass is 9.82. The number of Topliss-reactive ketones (excluding diaryl/α,β-unsaturated/α-hetero) is 1. The fourth-order valence-electron chi connectivity index (χ4n) is 2.44. The highest BCUT2D eigenvalue weighted by Crippen LogP contribution is 2.31. The van der Waals surface area contributed by atoms with Crippen LogP contribution in [-0.2, 0) is 6.42 Å². The average molecular weight is 226 g/mol. The minimum absolute atomic E-state index is 0.200. The molecule has 0 amide bonds. The highest BCUT2D eigenvalue weighted by molar-refractivity contribution is 5.98. The van der Waals surface area contributed by atoms with Crippen molar-refractivity contribution < 1.29 is 4.79 Å². The number of hydrogen-bond donors (Lipinski definition) is 1. The summed E-state index contributed by atoms with van der Waals surface area (Å²) in [6.07, 6.45) is 3.11. The Kier molecular flexibility index (Phi) is 2.32. The van der Waals surface area contributed by atoms with Gasteiger partial charge in [0, 0.05) is 12.1 Å². The molecule has 0 spiro atoms. The molecular weight excluding hydrogens is 212 g/mol. The summed E-state index contributed by atoms with van der Waals surface area (Å²) < 4.78 is 0. The van der Waals surface area contributed by atoms with Crippen LogP contribution in [0.3, 0.4) is 0 Å². The molecule has 0 bridgehead atoms. The molecule has 0 fully saturated rings. The molecule has 0 aliphatic heterocycles. The Bertz CT molecular complexity index is 554. The number of aryl methyl sites for hydroxylation is 1. The van der Waals surface area contributed by atoms with Gasteiger partial charge in [-0.05, 0) is 24.8 Å². The van der Waals surface area contributed by atoms with E-state index in [4.69, 9.17) is 0 Å². The second kappa shape index (κ2) is 3.84. The highest BCUT2D eigenvalue weighted by Gasteiger charge is 2.27. The third-order valence-electron chi connectivity index (χ3n) is 3.45. The summed E-state index contributed by atoms with van der Waals surface area (Å²) in [5.41, 5.74) is 4.24. The number of aromatic amines is 1. The molecule has 1 aliphatic rings. The second-order valence-corrected chi connectivity index (χ2v) is 4.70. The van der Waals surface area contributed by atoms with Crippen molar-refractivity contribution in [3.05, 3.63) is 52.8 Å². The molecule has 86 valence electrons. The van der Waals surface area contributed by atoms with Crippen LogP contribution in [0.4, 0.5) is 0 Å². The number of carbonyl (C=O) groups excluding carboxylic acids is 1. The van der Waals surface area contributed by atoms with Crippen LogP contribution in [-0.4, -0.2) is 16.0 Å². The van der Waals surface area contributed by atoms with E-state index in [1.54, 1.807) is 6.20 Å². The average Bonchev–Trinajstić information content (AvgIpc) is 2.78. The molecule has 1 aromatic carbocycles. The number of fused-ring (bicyclic) bond motifs is 1. The molecular formula is C14H14N2O. The normalized spacial score (nSPS) is 19.1. The number of nitrogens with zero attached hydrogens (tertiary/aromatic N) is 1. The van der Waals surface area contributed by atoms with Gasteiger partial charge in [0.2, 0.25) is 0 Å². The fourth-order valence-corrected chi connectivity index (χ4v) is 2.44. The van der Waals surface area contributed by atoms with Crippen LogP contribution in [0.15, 0.2) is 30.5 Å². The monoisotopic (exact) mass is 226 g/mol. The minimum atomic E-state index is 0.200.